The van der Waals surface area contributed by atoms with Crippen molar-refractivity contribution < 1.29 is 19.4 Å². The minimum atomic E-state index is -0.566. The summed E-state index contributed by atoms with van der Waals surface area (Å²) in [6, 6.07) is 5.90. The smallest absolute Gasteiger partial charge is 0.305 e. The number of carbonyl (C=O) groups excluding carboxylic acids is 1. The lowest BCUT2D eigenvalue weighted by Crippen LogP contribution is -2.20. The minimum Gasteiger partial charge on any atom is -0.493 e. The second kappa shape index (κ2) is 6.43. The largest absolute Gasteiger partial charge is 0.493 e. The molecule has 5 nitrogen and oxygen atoms in total. The maximum absolute atomic E-state index is 11.0. The highest BCUT2D eigenvalue weighted by molar-refractivity contribution is 5.69. The number of carbonyl (C=O) groups is 1. The summed E-state index contributed by atoms with van der Waals surface area (Å²) in [6.45, 7) is 1.15. The number of anilines is 1. The molecule has 1 heterocycles. The van der Waals surface area contributed by atoms with Gasteiger partial charge in [0.15, 0.2) is 0 Å². The van der Waals surface area contributed by atoms with E-state index in [-0.39, 0.29) is 12.4 Å². The van der Waals surface area contributed by atoms with Gasteiger partial charge in [-0.2, -0.15) is 0 Å². The van der Waals surface area contributed by atoms with Crippen LogP contribution in [-0.4, -0.2) is 37.4 Å². The molecule has 1 aliphatic heterocycles. The van der Waals surface area contributed by atoms with Crippen LogP contribution in [0.4, 0.5) is 5.69 Å². The first-order valence-electron chi connectivity index (χ1n) is 6.43. The topological polar surface area (TPSA) is 67.8 Å². The molecule has 0 fully saturated rings. The molecule has 1 unspecified atom stereocenters. The Hall–Kier alpha value is -1.75. The summed E-state index contributed by atoms with van der Waals surface area (Å²) in [5.41, 5.74) is 2.15. The van der Waals surface area contributed by atoms with E-state index >= 15 is 0 Å². The molecule has 0 amide bonds. The predicted octanol–water partition coefficient (Wildman–Crippen LogP) is 1.35. The van der Waals surface area contributed by atoms with Crippen LogP contribution >= 0.6 is 0 Å². The van der Waals surface area contributed by atoms with E-state index in [1.54, 1.807) is 0 Å². The van der Waals surface area contributed by atoms with Gasteiger partial charge < -0.3 is 19.9 Å². The highest BCUT2D eigenvalue weighted by atomic mass is 16.5. The lowest BCUT2D eigenvalue weighted by Gasteiger charge is -2.12. The van der Waals surface area contributed by atoms with Gasteiger partial charge >= 0.3 is 5.97 Å². The third kappa shape index (κ3) is 3.86. The summed E-state index contributed by atoms with van der Waals surface area (Å²) in [5.74, 6) is 0.644. The molecule has 0 aliphatic carbocycles. The number of nitrogens with one attached hydrogen (secondary N) is 1. The van der Waals surface area contributed by atoms with Gasteiger partial charge in [0.25, 0.3) is 0 Å². The molecule has 0 radical (unpaired) electrons. The van der Waals surface area contributed by atoms with Crippen LogP contribution in [-0.2, 0) is 16.0 Å². The van der Waals surface area contributed by atoms with Gasteiger partial charge in [0.05, 0.1) is 19.8 Å². The van der Waals surface area contributed by atoms with Gasteiger partial charge in [-0.25, -0.2) is 0 Å². The van der Waals surface area contributed by atoms with Gasteiger partial charge in [0, 0.05) is 25.1 Å². The number of aliphatic hydroxyl groups excluding tert-OH is 1. The highest BCUT2D eigenvalue weighted by Gasteiger charge is 2.13. The lowest BCUT2D eigenvalue weighted by molar-refractivity contribution is -0.141. The number of hydrogen-bond acceptors (Lipinski definition) is 5. The molecule has 0 aromatic heterocycles. The van der Waals surface area contributed by atoms with E-state index in [4.69, 9.17) is 4.74 Å². The van der Waals surface area contributed by atoms with E-state index in [0.717, 1.165) is 24.5 Å². The molecule has 2 rings (SSSR count). The number of ether oxygens (including phenoxy) is 2. The van der Waals surface area contributed by atoms with Gasteiger partial charge in [-0.15, -0.1) is 0 Å². The summed E-state index contributed by atoms with van der Waals surface area (Å²) in [5, 5.41) is 12.9. The summed E-state index contributed by atoms with van der Waals surface area (Å²) >= 11 is 0. The molecule has 5 heteroatoms. The van der Waals surface area contributed by atoms with E-state index in [1.807, 2.05) is 18.2 Å². The molecule has 2 N–H and O–H groups in total. The third-order valence-corrected chi connectivity index (χ3v) is 3.14. The molecule has 1 aromatic rings. The van der Waals surface area contributed by atoms with Crippen LogP contribution in [0.25, 0.3) is 0 Å². The van der Waals surface area contributed by atoms with E-state index in [2.05, 4.69) is 10.1 Å². The summed E-state index contributed by atoms with van der Waals surface area (Å²) < 4.78 is 9.96. The van der Waals surface area contributed by atoms with Gasteiger partial charge in [-0.1, -0.05) is 0 Å². The predicted molar refractivity (Wildman–Crippen MR) is 71.4 cm³/mol. The summed E-state index contributed by atoms with van der Waals surface area (Å²) in [4.78, 5) is 11.0. The number of hydrogen-bond donors (Lipinski definition) is 2. The molecule has 104 valence electrons. The van der Waals surface area contributed by atoms with E-state index in [9.17, 15) is 9.90 Å². The maximum atomic E-state index is 11.0. The Bertz CT molecular complexity index is 447. The van der Waals surface area contributed by atoms with Crippen molar-refractivity contribution in [1.82, 2.24) is 0 Å². The zero-order valence-electron chi connectivity index (χ0n) is 11.0. The second-order valence-corrected chi connectivity index (χ2v) is 4.57. The monoisotopic (exact) mass is 265 g/mol. The number of aliphatic hydroxyl groups is 1. The molecule has 0 saturated carbocycles. The van der Waals surface area contributed by atoms with Gasteiger partial charge in [-0.3, -0.25) is 4.79 Å². The normalized spacial score (nSPS) is 14.4. The van der Waals surface area contributed by atoms with Crippen molar-refractivity contribution in [3.8, 4) is 5.75 Å². The third-order valence-electron chi connectivity index (χ3n) is 3.14. The van der Waals surface area contributed by atoms with Gasteiger partial charge in [0.2, 0.25) is 0 Å². The number of benzene rings is 1. The second-order valence-electron chi connectivity index (χ2n) is 4.57. The molecule has 1 aromatic carbocycles. The molecular weight excluding hydrogens is 246 g/mol. The van der Waals surface area contributed by atoms with Crippen LogP contribution in [0.5, 0.6) is 5.75 Å². The molecule has 1 aliphatic rings. The molecule has 0 bridgehead atoms. The summed E-state index contributed by atoms with van der Waals surface area (Å²) in [7, 11) is 1.35. The number of esters is 1. The zero-order chi connectivity index (χ0) is 13.7. The minimum absolute atomic E-state index is 0.234. The average Bonchev–Trinajstić information content (AvgIpc) is 2.89. The first-order valence-corrected chi connectivity index (χ1v) is 6.43. The molecule has 0 spiro atoms. The average molecular weight is 265 g/mol. The Morgan fingerprint density at radius 1 is 1.58 bits per heavy atom. The van der Waals surface area contributed by atoms with Gasteiger partial charge in [-0.05, 0) is 30.2 Å². The van der Waals surface area contributed by atoms with Crippen molar-refractivity contribution >= 4 is 11.7 Å². The van der Waals surface area contributed by atoms with Crippen LogP contribution < -0.4 is 10.1 Å². The van der Waals surface area contributed by atoms with E-state index in [0.29, 0.717) is 13.0 Å². The van der Waals surface area contributed by atoms with E-state index < -0.39 is 6.10 Å². The van der Waals surface area contributed by atoms with Crippen molar-refractivity contribution in [2.45, 2.75) is 25.4 Å². The van der Waals surface area contributed by atoms with Crippen LogP contribution in [0.1, 0.15) is 18.4 Å². The lowest BCUT2D eigenvalue weighted by atomic mass is 10.1. The van der Waals surface area contributed by atoms with Crippen molar-refractivity contribution in [2.24, 2.45) is 0 Å². The van der Waals surface area contributed by atoms with Crippen LogP contribution in [0.3, 0.4) is 0 Å². The van der Waals surface area contributed by atoms with Crippen molar-refractivity contribution in [3.63, 3.8) is 0 Å². The van der Waals surface area contributed by atoms with Crippen molar-refractivity contribution in [1.29, 1.82) is 0 Å². The number of methoxy groups -OCH3 is 1. The summed E-state index contributed by atoms with van der Waals surface area (Å²) in [6.07, 6.45) is 0.990. The van der Waals surface area contributed by atoms with Crippen LogP contribution in [0, 0.1) is 0 Å². The maximum Gasteiger partial charge on any atom is 0.305 e. The fourth-order valence-corrected chi connectivity index (χ4v) is 2.02. The molecule has 19 heavy (non-hydrogen) atoms. The van der Waals surface area contributed by atoms with Gasteiger partial charge in [0.1, 0.15) is 5.75 Å². The quantitative estimate of drug-likeness (QED) is 0.760. The first kappa shape index (κ1) is 13.7. The zero-order valence-corrected chi connectivity index (χ0v) is 11.0. The van der Waals surface area contributed by atoms with Crippen LogP contribution in [0.15, 0.2) is 18.2 Å². The molecule has 1 atom stereocenters. The van der Waals surface area contributed by atoms with Crippen molar-refractivity contribution in [2.75, 3.05) is 25.6 Å². The Morgan fingerprint density at radius 2 is 2.42 bits per heavy atom. The molecule has 0 saturated heterocycles. The van der Waals surface area contributed by atoms with Crippen molar-refractivity contribution in [3.05, 3.63) is 23.8 Å². The Morgan fingerprint density at radius 3 is 3.21 bits per heavy atom. The highest BCUT2D eigenvalue weighted by Crippen LogP contribution is 2.27. The van der Waals surface area contributed by atoms with E-state index in [1.165, 1.54) is 12.7 Å². The Labute approximate surface area is 112 Å². The fourth-order valence-electron chi connectivity index (χ4n) is 2.02. The molecular formula is C14H19NO4. The standard InChI is InChI=1S/C14H19NO4/c1-18-14(17)5-3-12(16)9-15-11-2-4-13-10(8-11)6-7-19-13/h2,4,8,12,15-16H,3,5-7,9H2,1H3. The number of fused-ring (bicyclic) bond motifs is 1. The first-order chi connectivity index (χ1) is 9.19. The Kier molecular flexibility index (Phi) is 4.63. The number of rotatable bonds is 6. The van der Waals surface area contributed by atoms with Crippen LogP contribution in [0.2, 0.25) is 0 Å². The SMILES string of the molecule is COC(=O)CCC(O)CNc1ccc2c(c1)CCO2. The fraction of sp³-hybridized carbons (Fsp3) is 0.500. The Balaban J connectivity index is 1.77.